The number of hydrogen-bond acceptors (Lipinski definition) is 4. The molecule has 1 aromatic carbocycles. The first-order valence-electron chi connectivity index (χ1n) is 9.91. The summed E-state index contributed by atoms with van der Waals surface area (Å²) in [7, 11) is -1.68. The van der Waals surface area contributed by atoms with Crippen molar-refractivity contribution in [3.8, 4) is 5.75 Å². The van der Waals surface area contributed by atoms with Gasteiger partial charge < -0.3 is 10.1 Å². The number of fused-ring (bicyclic) bond motifs is 1. The lowest BCUT2D eigenvalue weighted by atomic mass is 9.89. The van der Waals surface area contributed by atoms with Crippen LogP contribution in [0.25, 0.3) is 0 Å². The SMILES string of the molecule is COc1ccc2c(c1)CCN(S(=O)(=O)CCCNC(=O)C1CCCCC1)C2. The van der Waals surface area contributed by atoms with Crippen molar-refractivity contribution in [1.29, 1.82) is 0 Å². The van der Waals surface area contributed by atoms with Crippen molar-refractivity contribution in [3.63, 3.8) is 0 Å². The van der Waals surface area contributed by atoms with Crippen LogP contribution in [0.15, 0.2) is 18.2 Å². The second-order valence-electron chi connectivity index (χ2n) is 7.51. The normalized spacial score (nSPS) is 18.7. The van der Waals surface area contributed by atoms with Gasteiger partial charge in [-0.3, -0.25) is 4.79 Å². The molecule has 1 saturated carbocycles. The Hall–Kier alpha value is -1.60. The van der Waals surface area contributed by atoms with Crippen molar-refractivity contribution in [1.82, 2.24) is 9.62 Å². The van der Waals surface area contributed by atoms with E-state index in [1.165, 1.54) is 6.42 Å². The number of hydrogen-bond donors (Lipinski definition) is 1. The molecule has 150 valence electrons. The molecular weight excluding hydrogens is 364 g/mol. The minimum Gasteiger partial charge on any atom is -0.497 e. The Bertz CT molecular complexity index is 757. The Morgan fingerprint density at radius 3 is 2.74 bits per heavy atom. The minimum atomic E-state index is -3.31. The van der Waals surface area contributed by atoms with E-state index in [2.05, 4.69) is 5.32 Å². The number of carbonyl (C=O) groups is 1. The quantitative estimate of drug-likeness (QED) is 0.721. The Balaban J connectivity index is 1.46. The van der Waals surface area contributed by atoms with Gasteiger partial charge in [0.25, 0.3) is 0 Å². The number of nitrogens with one attached hydrogen (secondary N) is 1. The van der Waals surface area contributed by atoms with Gasteiger partial charge in [-0.05, 0) is 48.9 Å². The monoisotopic (exact) mass is 394 g/mol. The van der Waals surface area contributed by atoms with E-state index in [9.17, 15) is 13.2 Å². The molecule has 1 N–H and O–H groups in total. The number of carbonyl (C=O) groups excluding carboxylic acids is 1. The van der Waals surface area contributed by atoms with Crippen LogP contribution in [0.2, 0.25) is 0 Å². The summed E-state index contributed by atoms with van der Waals surface area (Å²) in [6, 6.07) is 5.80. The zero-order valence-electron chi connectivity index (χ0n) is 16.1. The van der Waals surface area contributed by atoms with Gasteiger partial charge in [-0.25, -0.2) is 8.42 Å². The highest BCUT2D eigenvalue weighted by Crippen LogP contribution is 2.26. The summed E-state index contributed by atoms with van der Waals surface area (Å²) in [6.45, 7) is 1.34. The van der Waals surface area contributed by atoms with E-state index in [0.717, 1.165) is 42.6 Å². The van der Waals surface area contributed by atoms with Crippen LogP contribution in [0.1, 0.15) is 49.7 Å². The highest BCUT2D eigenvalue weighted by Gasteiger charge is 2.27. The van der Waals surface area contributed by atoms with E-state index in [4.69, 9.17) is 4.74 Å². The van der Waals surface area contributed by atoms with E-state index in [1.807, 2.05) is 18.2 Å². The molecule has 3 rings (SSSR count). The van der Waals surface area contributed by atoms with Crippen molar-refractivity contribution in [2.75, 3.05) is 26.0 Å². The molecule has 0 saturated heterocycles. The predicted molar refractivity (Wildman–Crippen MR) is 105 cm³/mol. The third kappa shape index (κ3) is 5.23. The number of sulfonamides is 1. The van der Waals surface area contributed by atoms with Crippen LogP contribution in [-0.4, -0.2) is 44.6 Å². The number of benzene rings is 1. The maximum Gasteiger partial charge on any atom is 0.223 e. The smallest absolute Gasteiger partial charge is 0.223 e. The van der Waals surface area contributed by atoms with Crippen LogP contribution >= 0.6 is 0 Å². The molecule has 1 aliphatic carbocycles. The molecular formula is C20H30N2O4S. The maximum absolute atomic E-state index is 12.7. The largest absolute Gasteiger partial charge is 0.497 e. The molecule has 7 heteroatoms. The first-order valence-corrected chi connectivity index (χ1v) is 11.5. The summed E-state index contributed by atoms with van der Waals surface area (Å²) in [5.41, 5.74) is 2.19. The van der Waals surface area contributed by atoms with Gasteiger partial charge in [-0.15, -0.1) is 0 Å². The Morgan fingerprint density at radius 2 is 2.00 bits per heavy atom. The van der Waals surface area contributed by atoms with Crippen molar-refractivity contribution in [3.05, 3.63) is 29.3 Å². The summed E-state index contributed by atoms with van der Waals surface area (Å²) in [6.07, 6.45) is 6.53. The zero-order chi connectivity index (χ0) is 19.3. The zero-order valence-corrected chi connectivity index (χ0v) is 16.9. The first kappa shape index (κ1) is 20.1. The predicted octanol–water partition coefficient (Wildman–Crippen LogP) is 2.47. The fourth-order valence-electron chi connectivity index (χ4n) is 3.97. The minimum absolute atomic E-state index is 0.0729. The van der Waals surface area contributed by atoms with Crippen LogP contribution in [0.5, 0.6) is 5.75 Å². The molecule has 1 fully saturated rings. The fraction of sp³-hybridized carbons (Fsp3) is 0.650. The summed E-state index contributed by atoms with van der Waals surface area (Å²) in [4.78, 5) is 12.1. The van der Waals surface area contributed by atoms with Crippen molar-refractivity contribution < 1.29 is 17.9 Å². The molecule has 27 heavy (non-hydrogen) atoms. The van der Waals surface area contributed by atoms with Crippen molar-refractivity contribution >= 4 is 15.9 Å². The van der Waals surface area contributed by atoms with Crippen molar-refractivity contribution in [2.45, 2.75) is 51.5 Å². The Kier molecular flexibility index (Phi) is 6.76. The molecule has 2 aliphatic rings. The van der Waals surface area contributed by atoms with Gasteiger partial charge in [0.05, 0.1) is 12.9 Å². The van der Waals surface area contributed by atoms with Crippen LogP contribution in [0.3, 0.4) is 0 Å². The van der Waals surface area contributed by atoms with Crippen LogP contribution in [0, 0.1) is 5.92 Å². The molecule has 0 atom stereocenters. The molecule has 1 aliphatic heterocycles. The average Bonchev–Trinajstić information content (AvgIpc) is 2.70. The van der Waals surface area contributed by atoms with Gasteiger partial charge in [0.2, 0.25) is 15.9 Å². The number of amides is 1. The summed E-state index contributed by atoms with van der Waals surface area (Å²) in [5.74, 6) is 1.08. The van der Waals surface area contributed by atoms with E-state index in [1.54, 1.807) is 11.4 Å². The van der Waals surface area contributed by atoms with Gasteiger partial charge in [-0.1, -0.05) is 25.3 Å². The van der Waals surface area contributed by atoms with Gasteiger partial charge in [0.1, 0.15) is 5.75 Å². The summed E-state index contributed by atoms with van der Waals surface area (Å²) < 4.78 is 32.1. The number of nitrogens with zero attached hydrogens (tertiary/aromatic N) is 1. The molecule has 6 nitrogen and oxygen atoms in total. The third-order valence-corrected chi connectivity index (χ3v) is 7.54. The Labute approximate surface area is 162 Å². The standard InChI is InChI=1S/C20H30N2O4S/c1-26-19-9-8-18-15-22(12-10-17(18)14-19)27(24,25)13-5-11-21-20(23)16-6-3-2-4-7-16/h8-9,14,16H,2-7,10-13,15H2,1H3,(H,21,23). The molecule has 0 spiro atoms. The lowest BCUT2D eigenvalue weighted by molar-refractivity contribution is -0.125. The van der Waals surface area contributed by atoms with Crippen LogP contribution < -0.4 is 10.1 Å². The number of ether oxygens (including phenoxy) is 1. The highest BCUT2D eigenvalue weighted by atomic mass is 32.2. The van der Waals surface area contributed by atoms with Crippen LogP contribution in [0.4, 0.5) is 0 Å². The maximum atomic E-state index is 12.7. The van der Waals surface area contributed by atoms with Gasteiger partial charge in [0, 0.05) is 25.6 Å². The molecule has 1 amide bonds. The van der Waals surface area contributed by atoms with Crippen molar-refractivity contribution in [2.24, 2.45) is 5.92 Å². The third-order valence-electron chi connectivity index (χ3n) is 5.64. The van der Waals surface area contributed by atoms with E-state index >= 15 is 0 Å². The van der Waals surface area contributed by atoms with E-state index < -0.39 is 10.0 Å². The topological polar surface area (TPSA) is 75.7 Å². The second kappa shape index (κ2) is 9.06. The Morgan fingerprint density at radius 1 is 1.22 bits per heavy atom. The lowest BCUT2D eigenvalue weighted by Crippen LogP contribution is -2.38. The first-order chi connectivity index (χ1) is 13.0. The lowest BCUT2D eigenvalue weighted by Gasteiger charge is -2.28. The average molecular weight is 395 g/mol. The van der Waals surface area contributed by atoms with Gasteiger partial charge in [0.15, 0.2) is 0 Å². The summed E-state index contributed by atoms with van der Waals surface area (Å²) >= 11 is 0. The molecule has 1 aromatic rings. The highest BCUT2D eigenvalue weighted by molar-refractivity contribution is 7.89. The van der Waals surface area contributed by atoms with Crippen LogP contribution in [-0.2, 0) is 27.8 Å². The second-order valence-corrected chi connectivity index (χ2v) is 9.60. The van der Waals surface area contributed by atoms with Gasteiger partial charge in [-0.2, -0.15) is 4.31 Å². The fourth-order valence-corrected chi connectivity index (χ4v) is 5.44. The summed E-state index contributed by atoms with van der Waals surface area (Å²) in [5, 5.41) is 2.92. The van der Waals surface area contributed by atoms with Gasteiger partial charge >= 0.3 is 0 Å². The molecule has 0 bridgehead atoms. The van der Waals surface area contributed by atoms with E-state index in [-0.39, 0.29) is 17.6 Å². The van der Waals surface area contributed by atoms with E-state index in [0.29, 0.717) is 32.5 Å². The molecule has 0 radical (unpaired) electrons. The molecule has 0 aromatic heterocycles. The number of rotatable bonds is 7. The molecule has 1 heterocycles. The molecule has 0 unspecified atom stereocenters. The number of methoxy groups -OCH3 is 1.